The van der Waals surface area contributed by atoms with Crippen molar-refractivity contribution >= 4 is 15.9 Å². The first-order chi connectivity index (χ1) is 5.31. The summed E-state index contributed by atoms with van der Waals surface area (Å²) in [6, 6.07) is 0. The number of halogens is 1. The van der Waals surface area contributed by atoms with E-state index in [4.69, 9.17) is 0 Å². The van der Waals surface area contributed by atoms with E-state index in [0.29, 0.717) is 4.32 Å². The topological polar surface area (TPSA) is 12.0 Å². The minimum absolute atomic E-state index is 0.524. The van der Waals surface area contributed by atoms with Crippen molar-refractivity contribution in [3.63, 3.8) is 0 Å². The number of alkyl halides is 1. The second-order valence-electron chi connectivity index (χ2n) is 3.93. The van der Waals surface area contributed by atoms with Crippen molar-refractivity contribution in [3.05, 3.63) is 0 Å². The summed E-state index contributed by atoms with van der Waals surface area (Å²) >= 11 is 3.93. The molecule has 2 atom stereocenters. The van der Waals surface area contributed by atoms with Crippen LogP contribution in [0.3, 0.4) is 0 Å². The quantitative estimate of drug-likeness (QED) is 0.615. The van der Waals surface area contributed by atoms with Crippen molar-refractivity contribution in [2.24, 2.45) is 5.92 Å². The molecule has 0 bridgehead atoms. The molecule has 2 fully saturated rings. The number of piperidine rings is 1. The highest BCUT2D eigenvalue weighted by Gasteiger charge is 2.39. The van der Waals surface area contributed by atoms with Gasteiger partial charge in [-0.1, -0.05) is 28.8 Å². The third-order valence-corrected chi connectivity index (χ3v) is 4.68. The third kappa shape index (κ3) is 1.48. The number of hydrogen-bond donors (Lipinski definition) is 1. The molecule has 2 rings (SSSR count). The predicted molar refractivity (Wildman–Crippen MR) is 51.1 cm³/mol. The largest absolute Gasteiger partial charge is 0.316 e. The number of fused-ring (bicyclic) bond motifs is 1. The highest BCUT2D eigenvalue weighted by molar-refractivity contribution is 9.10. The van der Waals surface area contributed by atoms with Gasteiger partial charge in [0.05, 0.1) is 0 Å². The van der Waals surface area contributed by atoms with Gasteiger partial charge in [-0.15, -0.1) is 0 Å². The van der Waals surface area contributed by atoms with Gasteiger partial charge in [-0.25, -0.2) is 0 Å². The molecule has 0 radical (unpaired) electrons. The standard InChI is InChI=1S/C9H16BrN/c10-9-4-2-1-3-8(9)7-11-6-5-9/h8,11H,1-7H2/t8-,9-/m1/s1. The van der Waals surface area contributed by atoms with Crippen molar-refractivity contribution < 1.29 is 0 Å². The van der Waals surface area contributed by atoms with E-state index in [1.165, 1.54) is 45.2 Å². The Bertz CT molecular complexity index is 134. The van der Waals surface area contributed by atoms with Crippen LogP contribution in [0.25, 0.3) is 0 Å². The molecule has 0 spiro atoms. The molecular weight excluding hydrogens is 202 g/mol. The summed E-state index contributed by atoms with van der Waals surface area (Å²) in [5.41, 5.74) is 0. The average molecular weight is 218 g/mol. The van der Waals surface area contributed by atoms with Crippen LogP contribution in [0.15, 0.2) is 0 Å². The molecular formula is C9H16BrN. The Morgan fingerprint density at radius 2 is 2.18 bits per heavy atom. The van der Waals surface area contributed by atoms with Crippen LogP contribution in [0.5, 0.6) is 0 Å². The van der Waals surface area contributed by atoms with E-state index < -0.39 is 0 Å². The SMILES string of the molecule is Br[C@@]12CCCC[C@@H]1CNCC2. The van der Waals surface area contributed by atoms with Crippen molar-refractivity contribution in [1.82, 2.24) is 5.32 Å². The number of nitrogens with one attached hydrogen (secondary N) is 1. The maximum absolute atomic E-state index is 3.93. The summed E-state index contributed by atoms with van der Waals surface area (Å²) in [6.45, 7) is 2.45. The van der Waals surface area contributed by atoms with Crippen molar-refractivity contribution in [2.75, 3.05) is 13.1 Å². The zero-order valence-corrected chi connectivity index (χ0v) is 8.49. The molecule has 1 N–H and O–H groups in total. The Balaban J connectivity index is 2.06. The van der Waals surface area contributed by atoms with Gasteiger partial charge in [-0.3, -0.25) is 0 Å². The van der Waals surface area contributed by atoms with Gasteiger partial charge < -0.3 is 5.32 Å². The van der Waals surface area contributed by atoms with E-state index in [2.05, 4.69) is 21.2 Å². The first-order valence-electron chi connectivity index (χ1n) is 4.71. The fourth-order valence-corrected chi connectivity index (χ4v) is 3.33. The van der Waals surface area contributed by atoms with Gasteiger partial charge in [0, 0.05) is 4.32 Å². The summed E-state index contributed by atoms with van der Waals surface area (Å²) in [4.78, 5) is 0. The lowest BCUT2D eigenvalue weighted by Gasteiger charge is -2.43. The fourth-order valence-electron chi connectivity index (χ4n) is 2.46. The van der Waals surface area contributed by atoms with E-state index in [0.717, 1.165) is 5.92 Å². The van der Waals surface area contributed by atoms with Crippen LogP contribution in [-0.2, 0) is 0 Å². The highest BCUT2D eigenvalue weighted by Crippen LogP contribution is 2.44. The molecule has 0 aromatic rings. The smallest absolute Gasteiger partial charge is 0.0310 e. The lowest BCUT2D eigenvalue weighted by molar-refractivity contribution is 0.224. The molecule has 0 aromatic carbocycles. The van der Waals surface area contributed by atoms with Gasteiger partial charge in [0.2, 0.25) is 0 Å². The molecule has 11 heavy (non-hydrogen) atoms. The summed E-state index contributed by atoms with van der Waals surface area (Å²) in [5, 5.41) is 3.48. The first kappa shape index (κ1) is 8.06. The monoisotopic (exact) mass is 217 g/mol. The lowest BCUT2D eigenvalue weighted by atomic mass is 9.75. The van der Waals surface area contributed by atoms with Crippen LogP contribution in [-0.4, -0.2) is 17.4 Å². The Hall–Kier alpha value is 0.440. The van der Waals surface area contributed by atoms with Gasteiger partial charge in [0.25, 0.3) is 0 Å². The Morgan fingerprint density at radius 3 is 3.00 bits per heavy atom. The molecule has 1 heterocycles. The van der Waals surface area contributed by atoms with Gasteiger partial charge in [0.1, 0.15) is 0 Å². The third-order valence-electron chi connectivity index (χ3n) is 3.23. The van der Waals surface area contributed by atoms with Crippen LogP contribution in [0.1, 0.15) is 32.1 Å². The molecule has 0 aromatic heterocycles. The Morgan fingerprint density at radius 1 is 1.27 bits per heavy atom. The summed E-state index contributed by atoms with van der Waals surface area (Å²) in [5.74, 6) is 0.907. The van der Waals surface area contributed by atoms with Gasteiger partial charge in [0.15, 0.2) is 0 Å². The molecule has 1 aliphatic heterocycles. The number of rotatable bonds is 0. The Kier molecular flexibility index (Phi) is 2.24. The van der Waals surface area contributed by atoms with Crippen molar-refractivity contribution in [3.8, 4) is 0 Å². The van der Waals surface area contributed by atoms with Crippen LogP contribution >= 0.6 is 15.9 Å². The first-order valence-corrected chi connectivity index (χ1v) is 5.50. The van der Waals surface area contributed by atoms with Gasteiger partial charge in [-0.05, 0) is 38.3 Å². The fraction of sp³-hybridized carbons (Fsp3) is 1.00. The zero-order valence-electron chi connectivity index (χ0n) is 6.91. The van der Waals surface area contributed by atoms with E-state index in [-0.39, 0.29) is 0 Å². The minimum Gasteiger partial charge on any atom is -0.316 e. The molecule has 2 heteroatoms. The van der Waals surface area contributed by atoms with E-state index in [9.17, 15) is 0 Å². The van der Waals surface area contributed by atoms with Gasteiger partial charge >= 0.3 is 0 Å². The zero-order chi connectivity index (χ0) is 7.73. The predicted octanol–water partition coefficient (Wildman–Crippen LogP) is 2.30. The molecule has 0 unspecified atom stereocenters. The molecule has 1 nitrogen and oxygen atoms in total. The lowest BCUT2D eigenvalue weighted by Crippen LogP contribution is -2.47. The summed E-state index contributed by atoms with van der Waals surface area (Å²) in [7, 11) is 0. The normalized spacial score (nSPS) is 45.0. The van der Waals surface area contributed by atoms with E-state index in [1.54, 1.807) is 0 Å². The van der Waals surface area contributed by atoms with E-state index >= 15 is 0 Å². The van der Waals surface area contributed by atoms with Crippen LogP contribution in [0.2, 0.25) is 0 Å². The van der Waals surface area contributed by atoms with Crippen molar-refractivity contribution in [1.29, 1.82) is 0 Å². The van der Waals surface area contributed by atoms with Gasteiger partial charge in [-0.2, -0.15) is 0 Å². The van der Waals surface area contributed by atoms with Crippen LogP contribution in [0, 0.1) is 5.92 Å². The van der Waals surface area contributed by atoms with Crippen molar-refractivity contribution in [2.45, 2.75) is 36.4 Å². The molecule has 1 aliphatic carbocycles. The summed E-state index contributed by atoms with van der Waals surface area (Å²) in [6.07, 6.45) is 7.04. The molecule has 1 saturated carbocycles. The van der Waals surface area contributed by atoms with Crippen LogP contribution < -0.4 is 5.32 Å². The molecule has 1 saturated heterocycles. The second kappa shape index (κ2) is 3.06. The summed E-state index contributed by atoms with van der Waals surface area (Å²) < 4.78 is 0.524. The molecule has 0 amide bonds. The van der Waals surface area contributed by atoms with E-state index in [1.807, 2.05) is 0 Å². The second-order valence-corrected chi connectivity index (χ2v) is 5.51. The highest BCUT2D eigenvalue weighted by atomic mass is 79.9. The average Bonchev–Trinajstić information content (AvgIpc) is 2.03. The molecule has 2 aliphatic rings. The minimum atomic E-state index is 0.524. The maximum atomic E-state index is 3.93. The number of hydrogen-bond acceptors (Lipinski definition) is 1. The maximum Gasteiger partial charge on any atom is 0.0310 e. The van der Waals surface area contributed by atoms with Crippen LogP contribution in [0.4, 0.5) is 0 Å². The molecule has 64 valence electrons. The Labute approximate surface area is 77.1 Å².